The van der Waals surface area contributed by atoms with Crippen LogP contribution < -0.4 is 10.1 Å². The number of hydrogen-bond acceptors (Lipinski definition) is 6. The average molecular weight is 384 g/mol. The number of carbonyl (C=O) groups is 2. The van der Waals surface area contributed by atoms with E-state index in [1.165, 1.54) is 11.0 Å². The van der Waals surface area contributed by atoms with Crippen molar-refractivity contribution in [2.45, 2.75) is 50.3 Å². The van der Waals surface area contributed by atoms with E-state index in [0.717, 1.165) is 17.7 Å². The van der Waals surface area contributed by atoms with Crippen LogP contribution in [-0.2, 0) is 16.1 Å². The Kier molecular flexibility index (Phi) is 4.97. The van der Waals surface area contributed by atoms with Gasteiger partial charge in [-0.15, -0.1) is 5.10 Å². The maximum atomic E-state index is 12.6. The molecule has 2 amide bonds. The largest absolute Gasteiger partial charge is 0.487 e. The molecule has 3 heterocycles. The number of nitrogens with one attached hydrogen (secondary N) is 1. The SMILES string of the molecule is CN1CC[C@@]2(CCC1=O)C[C@H](NC(=O)CCn1cnnn1)c1ccccc1O2. The van der Waals surface area contributed by atoms with E-state index < -0.39 is 5.60 Å². The number of benzene rings is 1. The fourth-order valence-corrected chi connectivity index (χ4v) is 3.97. The van der Waals surface area contributed by atoms with E-state index in [4.69, 9.17) is 4.74 Å². The molecule has 28 heavy (non-hydrogen) atoms. The lowest BCUT2D eigenvalue weighted by Crippen LogP contribution is -2.46. The van der Waals surface area contributed by atoms with Crippen LogP contribution in [0.15, 0.2) is 30.6 Å². The monoisotopic (exact) mass is 384 g/mol. The molecule has 9 nitrogen and oxygen atoms in total. The lowest BCUT2D eigenvalue weighted by atomic mass is 9.82. The zero-order chi connectivity index (χ0) is 19.6. The van der Waals surface area contributed by atoms with E-state index in [0.29, 0.717) is 38.8 Å². The highest BCUT2D eigenvalue weighted by Crippen LogP contribution is 2.44. The Morgan fingerprint density at radius 1 is 1.36 bits per heavy atom. The number of hydrogen-bond donors (Lipinski definition) is 1. The van der Waals surface area contributed by atoms with Crippen molar-refractivity contribution in [2.24, 2.45) is 0 Å². The third-order valence-corrected chi connectivity index (χ3v) is 5.61. The number of likely N-dealkylation sites (tertiary alicyclic amines) is 1. The highest BCUT2D eigenvalue weighted by atomic mass is 16.5. The van der Waals surface area contributed by atoms with Crippen molar-refractivity contribution in [3.05, 3.63) is 36.2 Å². The van der Waals surface area contributed by atoms with Crippen molar-refractivity contribution < 1.29 is 14.3 Å². The van der Waals surface area contributed by atoms with Crippen LogP contribution in [0.1, 0.15) is 43.7 Å². The Balaban J connectivity index is 1.50. The molecule has 0 aliphatic carbocycles. The third-order valence-electron chi connectivity index (χ3n) is 5.61. The van der Waals surface area contributed by atoms with Gasteiger partial charge < -0.3 is 15.0 Å². The normalized spacial score (nSPS) is 24.4. The zero-order valence-corrected chi connectivity index (χ0v) is 15.9. The highest BCUT2D eigenvalue weighted by molar-refractivity contribution is 5.77. The van der Waals surface area contributed by atoms with Crippen molar-refractivity contribution in [3.63, 3.8) is 0 Å². The summed E-state index contributed by atoms with van der Waals surface area (Å²) in [6.07, 6.45) is 4.30. The molecule has 1 fully saturated rings. The second kappa shape index (κ2) is 7.57. The van der Waals surface area contributed by atoms with Gasteiger partial charge in [0.2, 0.25) is 11.8 Å². The van der Waals surface area contributed by atoms with E-state index in [-0.39, 0.29) is 17.9 Å². The van der Waals surface area contributed by atoms with Crippen LogP contribution in [0.25, 0.3) is 0 Å². The van der Waals surface area contributed by atoms with Crippen LogP contribution in [-0.4, -0.2) is 56.1 Å². The Morgan fingerprint density at radius 3 is 3.04 bits per heavy atom. The summed E-state index contributed by atoms with van der Waals surface area (Å²) < 4.78 is 7.94. The van der Waals surface area contributed by atoms with Gasteiger partial charge in [0.25, 0.3) is 0 Å². The lowest BCUT2D eigenvalue weighted by molar-refractivity contribution is -0.129. The zero-order valence-electron chi connectivity index (χ0n) is 15.9. The van der Waals surface area contributed by atoms with Crippen molar-refractivity contribution in [1.29, 1.82) is 0 Å². The number of tetrazole rings is 1. The van der Waals surface area contributed by atoms with Crippen molar-refractivity contribution in [2.75, 3.05) is 13.6 Å². The number of ether oxygens (including phenoxy) is 1. The molecular formula is C19H24N6O3. The minimum absolute atomic E-state index is 0.0610. The molecular weight excluding hydrogens is 360 g/mol. The quantitative estimate of drug-likeness (QED) is 0.846. The molecule has 2 aliphatic rings. The van der Waals surface area contributed by atoms with Gasteiger partial charge in [0.15, 0.2) is 0 Å². The summed E-state index contributed by atoms with van der Waals surface area (Å²) in [6, 6.07) is 7.66. The van der Waals surface area contributed by atoms with Crippen LogP contribution in [0.3, 0.4) is 0 Å². The number of amides is 2. The molecule has 0 unspecified atom stereocenters. The molecule has 0 bridgehead atoms. The molecule has 1 spiro atoms. The van der Waals surface area contributed by atoms with Gasteiger partial charge in [0.05, 0.1) is 12.6 Å². The molecule has 9 heteroatoms. The molecule has 4 rings (SSSR count). The molecule has 2 atom stereocenters. The van der Waals surface area contributed by atoms with Gasteiger partial charge in [-0.1, -0.05) is 18.2 Å². The van der Waals surface area contributed by atoms with E-state index in [1.54, 1.807) is 4.90 Å². The van der Waals surface area contributed by atoms with Crippen LogP contribution in [0.2, 0.25) is 0 Å². The fourth-order valence-electron chi connectivity index (χ4n) is 3.97. The first kappa shape index (κ1) is 18.4. The van der Waals surface area contributed by atoms with Crippen LogP contribution in [0, 0.1) is 0 Å². The average Bonchev–Trinajstić information content (AvgIpc) is 3.18. The number of nitrogens with zero attached hydrogens (tertiary/aromatic N) is 5. The Bertz CT molecular complexity index is 855. The molecule has 1 aromatic heterocycles. The van der Waals surface area contributed by atoms with Gasteiger partial charge in [-0.05, 0) is 22.9 Å². The number of fused-ring (bicyclic) bond motifs is 1. The summed E-state index contributed by atoms with van der Waals surface area (Å²) >= 11 is 0. The van der Waals surface area contributed by atoms with E-state index in [1.807, 2.05) is 31.3 Å². The van der Waals surface area contributed by atoms with Gasteiger partial charge in [0, 0.05) is 44.8 Å². The minimum atomic E-state index is -0.442. The second-order valence-electron chi connectivity index (χ2n) is 7.54. The Hall–Kier alpha value is -2.97. The van der Waals surface area contributed by atoms with Gasteiger partial charge in [-0.2, -0.15) is 0 Å². The lowest BCUT2D eigenvalue weighted by Gasteiger charge is -2.42. The summed E-state index contributed by atoms with van der Waals surface area (Å²) in [6.45, 7) is 1.08. The fraction of sp³-hybridized carbons (Fsp3) is 0.526. The van der Waals surface area contributed by atoms with Crippen molar-refractivity contribution in [1.82, 2.24) is 30.4 Å². The van der Waals surface area contributed by atoms with Crippen molar-refractivity contribution >= 4 is 11.8 Å². The van der Waals surface area contributed by atoms with Gasteiger partial charge in [-0.25, -0.2) is 4.68 Å². The Labute approximate surface area is 163 Å². The topological polar surface area (TPSA) is 102 Å². The molecule has 1 aromatic carbocycles. The summed E-state index contributed by atoms with van der Waals surface area (Å²) in [4.78, 5) is 26.5. The van der Waals surface area contributed by atoms with E-state index in [9.17, 15) is 9.59 Å². The second-order valence-corrected chi connectivity index (χ2v) is 7.54. The molecule has 2 aliphatic heterocycles. The summed E-state index contributed by atoms with van der Waals surface area (Å²) in [7, 11) is 1.83. The summed E-state index contributed by atoms with van der Waals surface area (Å²) in [5.41, 5.74) is 0.538. The smallest absolute Gasteiger partial charge is 0.222 e. The van der Waals surface area contributed by atoms with Crippen LogP contribution in [0.4, 0.5) is 0 Å². The molecule has 0 saturated carbocycles. The van der Waals surface area contributed by atoms with Gasteiger partial charge in [-0.3, -0.25) is 9.59 Å². The number of aryl methyl sites for hydroxylation is 1. The minimum Gasteiger partial charge on any atom is -0.487 e. The molecule has 148 valence electrons. The first-order chi connectivity index (χ1) is 13.5. The Morgan fingerprint density at radius 2 is 2.21 bits per heavy atom. The maximum Gasteiger partial charge on any atom is 0.222 e. The number of carbonyl (C=O) groups excluding carboxylic acids is 2. The first-order valence-corrected chi connectivity index (χ1v) is 9.57. The predicted molar refractivity (Wildman–Crippen MR) is 99.2 cm³/mol. The number of rotatable bonds is 4. The molecule has 0 radical (unpaired) electrons. The van der Waals surface area contributed by atoms with Crippen LogP contribution >= 0.6 is 0 Å². The summed E-state index contributed by atoms with van der Waals surface area (Å²) in [5, 5.41) is 14.1. The number of para-hydroxylation sites is 1. The third kappa shape index (κ3) is 3.83. The van der Waals surface area contributed by atoms with Gasteiger partial charge in [0.1, 0.15) is 17.7 Å². The van der Waals surface area contributed by atoms with Crippen LogP contribution in [0.5, 0.6) is 5.75 Å². The summed E-state index contributed by atoms with van der Waals surface area (Å²) in [5.74, 6) is 0.868. The number of aromatic nitrogens is 4. The molecule has 2 aromatic rings. The maximum absolute atomic E-state index is 12.6. The predicted octanol–water partition coefficient (Wildman–Crippen LogP) is 1.08. The molecule has 1 N–H and O–H groups in total. The van der Waals surface area contributed by atoms with Gasteiger partial charge >= 0.3 is 0 Å². The molecule has 1 saturated heterocycles. The van der Waals surface area contributed by atoms with E-state index >= 15 is 0 Å². The standard InChI is InChI=1S/C19H24N6O3/c1-24-11-9-19(8-6-18(24)27)12-15(14-4-2-3-5-16(14)28-19)21-17(26)7-10-25-13-20-22-23-25/h2-5,13,15H,6-12H2,1H3,(H,21,26)/t15-,19-/m0/s1. The highest BCUT2D eigenvalue weighted by Gasteiger charge is 2.43. The van der Waals surface area contributed by atoms with Crippen molar-refractivity contribution in [3.8, 4) is 5.75 Å². The first-order valence-electron chi connectivity index (χ1n) is 9.57. The van der Waals surface area contributed by atoms with E-state index in [2.05, 4.69) is 20.8 Å².